The SMILES string of the molecule is Cc1noc(NC(=O)c2ccncc2Cl)n1. The maximum atomic E-state index is 11.7. The van der Waals surface area contributed by atoms with Crippen LogP contribution < -0.4 is 5.32 Å². The van der Waals surface area contributed by atoms with Crippen LogP contribution in [0, 0.1) is 6.92 Å². The van der Waals surface area contributed by atoms with Gasteiger partial charge in [0.2, 0.25) is 0 Å². The highest BCUT2D eigenvalue weighted by Gasteiger charge is 2.13. The Kier molecular flexibility index (Phi) is 2.82. The molecule has 0 unspecified atom stereocenters. The van der Waals surface area contributed by atoms with E-state index in [4.69, 9.17) is 16.1 Å². The van der Waals surface area contributed by atoms with Crippen LogP contribution in [0.15, 0.2) is 23.0 Å². The molecule has 7 heteroatoms. The summed E-state index contributed by atoms with van der Waals surface area (Å²) in [5.74, 6) is 0.0205. The van der Waals surface area contributed by atoms with Crippen molar-refractivity contribution < 1.29 is 9.32 Å². The summed E-state index contributed by atoms with van der Waals surface area (Å²) in [4.78, 5) is 19.3. The van der Waals surface area contributed by atoms with E-state index in [0.717, 1.165) is 0 Å². The summed E-state index contributed by atoms with van der Waals surface area (Å²) in [6.07, 6.45) is 2.86. The second kappa shape index (κ2) is 4.28. The Balaban J connectivity index is 2.18. The molecule has 0 aromatic carbocycles. The summed E-state index contributed by atoms with van der Waals surface area (Å²) in [7, 11) is 0. The van der Waals surface area contributed by atoms with Crippen molar-refractivity contribution in [2.45, 2.75) is 6.92 Å². The average Bonchev–Trinajstić information content (AvgIpc) is 2.64. The molecule has 0 bridgehead atoms. The van der Waals surface area contributed by atoms with Gasteiger partial charge in [0.05, 0.1) is 10.6 Å². The first-order valence-corrected chi connectivity index (χ1v) is 4.76. The van der Waals surface area contributed by atoms with Crippen LogP contribution in [0.4, 0.5) is 6.01 Å². The molecule has 0 atom stereocenters. The van der Waals surface area contributed by atoms with Crippen LogP contribution >= 0.6 is 11.6 Å². The first-order valence-electron chi connectivity index (χ1n) is 4.38. The molecule has 6 nitrogen and oxygen atoms in total. The summed E-state index contributed by atoms with van der Waals surface area (Å²) in [5, 5.41) is 6.23. The van der Waals surface area contributed by atoms with E-state index in [0.29, 0.717) is 11.4 Å². The third-order valence-electron chi connectivity index (χ3n) is 1.77. The molecule has 1 amide bonds. The zero-order chi connectivity index (χ0) is 11.5. The summed E-state index contributed by atoms with van der Waals surface area (Å²) in [5.41, 5.74) is 0.299. The molecule has 82 valence electrons. The lowest BCUT2D eigenvalue weighted by Crippen LogP contribution is -2.12. The fraction of sp³-hybridized carbons (Fsp3) is 0.111. The van der Waals surface area contributed by atoms with Gasteiger partial charge in [0, 0.05) is 12.4 Å². The monoisotopic (exact) mass is 238 g/mol. The maximum Gasteiger partial charge on any atom is 0.328 e. The van der Waals surface area contributed by atoms with Gasteiger partial charge in [0.1, 0.15) is 0 Å². The predicted octanol–water partition coefficient (Wildman–Crippen LogP) is 1.68. The van der Waals surface area contributed by atoms with E-state index in [-0.39, 0.29) is 11.0 Å². The average molecular weight is 239 g/mol. The third-order valence-corrected chi connectivity index (χ3v) is 2.07. The molecule has 2 heterocycles. The summed E-state index contributed by atoms with van der Waals surface area (Å²) >= 11 is 5.80. The number of hydrogen-bond donors (Lipinski definition) is 1. The predicted molar refractivity (Wildman–Crippen MR) is 56.2 cm³/mol. The molecule has 0 fully saturated rings. The van der Waals surface area contributed by atoms with Gasteiger partial charge in [-0.3, -0.25) is 15.1 Å². The molecule has 0 radical (unpaired) electrons. The molecule has 16 heavy (non-hydrogen) atoms. The molecular formula is C9H7ClN4O2. The molecule has 0 saturated carbocycles. The van der Waals surface area contributed by atoms with Gasteiger partial charge >= 0.3 is 6.01 Å². The van der Waals surface area contributed by atoms with Gasteiger partial charge in [0.15, 0.2) is 5.82 Å². The number of carbonyl (C=O) groups is 1. The van der Waals surface area contributed by atoms with Crippen LogP contribution in [0.25, 0.3) is 0 Å². The number of amides is 1. The first kappa shape index (κ1) is 10.6. The third kappa shape index (κ3) is 2.17. The van der Waals surface area contributed by atoms with E-state index in [9.17, 15) is 4.79 Å². The number of rotatable bonds is 2. The van der Waals surface area contributed by atoms with Crippen molar-refractivity contribution in [2.75, 3.05) is 5.32 Å². The maximum absolute atomic E-state index is 11.7. The van der Waals surface area contributed by atoms with Crippen LogP contribution in [-0.2, 0) is 0 Å². The van der Waals surface area contributed by atoms with Gasteiger partial charge in [-0.25, -0.2) is 0 Å². The number of halogens is 1. The number of anilines is 1. The standard InChI is InChI=1S/C9H7ClN4O2/c1-5-12-9(16-14-5)13-8(15)6-2-3-11-4-7(6)10/h2-4H,1H3,(H,12,13,14,15). The smallest absolute Gasteiger partial charge is 0.315 e. The van der Waals surface area contributed by atoms with E-state index >= 15 is 0 Å². The lowest BCUT2D eigenvalue weighted by Gasteiger charge is -2.01. The summed E-state index contributed by atoms with van der Waals surface area (Å²) < 4.78 is 4.74. The van der Waals surface area contributed by atoms with Crippen molar-refractivity contribution in [3.05, 3.63) is 34.9 Å². The molecule has 0 aliphatic carbocycles. The highest BCUT2D eigenvalue weighted by Crippen LogP contribution is 2.15. The minimum absolute atomic E-state index is 0.0374. The van der Waals surface area contributed by atoms with Gasteiger partial charge in [-0.05, 0) is 13.0 Å². The number of nitrogens with zero attached hydrogens (tertiary/aromatic N) is 3. The Labute approximate surface area is 95.6 Å². The van der Waals surface area contributed by atoms with Crippen LogP contribution in [0.5, 0.6) is 0 Å². The van der Waals surface area contributed by atoms with Gasteiger partial charge in [0.25, 0.3) is 5.91 Å². The number of aromatic nitrogens is 3. The second-order valence-electron chi connectivity index (χ2n) is 2.96. The molecule has 2 rings (SSSR count). The van der Waals surface area contributed by atoms with Crippen LogP contribution in [0.3, 0.4) is 0 Å². The zero-order valence-corrected chi connectivity index (χ0v) is 9.02. The number of pyridine rings is 1. The van der Waals surface area contributed by atoms with Crippen LogP contribution in [-0.4, -0.2) is 21.0 Å². The number of aryl methyl sites for hydroxylation is 1. The van der Waals surface area contributed by atoms with E-state index in [2.05, 4.69) is 20.4 Å². The van der Waals surface area contributed by atoms with Crippen molar-refractivity contribution in [1.82, 2.24) is 15.1 Å². The van der Waals surface area contributed by atoms with Gasteiger partial charge < -0.3 is 4.52 Å². The minimum Gasteiger partial charge on any atom is -0.315 e. The highest BCUT2D eigenvalue weighted by atomic mass is 35.5. The van der Waals surface area contributed by atoms with E-state index in [1.54, 1.807) is 6.92 Å². The molecule has 2 aromatic heterocycles. The Hall–Kier alpha value is -1.95. The Morgan fingerprint density at radius 1 is 1.56 bits per heavy atom. The Bertz CT molecular complexity index is 526. The van der Waals surface area contributed by atoms with Crippen LogP contribution in [0.2, 0.25) is 5.02 Å². The van der Waals surface area contributed by atoms with Gasteiger partial charge in [-0.15, -0.1) is 0 Å². The number of carbonyl (C=O) groups excluding carboxylic acids is 1. The van der Waals surface area contributed by atoms with E-state index < -0.39 is 5.91 Å². The van der Waals surface area contributed by atoms with Gasteiger partial charge in [-0.2, -0.15) is 4.98 Å². The van der Waals surface area contributed by atoms with Gasteiger partial charge in [-0.1, -0.05) is 16.8 Å². The first-order chi connectivity index (χ1) is 7.66. The fourth-order valence-corrected chi connectivity index (χ4v) is 1.28. The molecule has 0 aliphatic rings. The zero-order valence-electron chi connectivity index (χ0n) is 8.27. The largest absolute Gasteiger partial charge is 0.328 e. The van der Waals surface area contributed by atoms with Crippen molar-refractivity contribution in [1.29, 1.82) is 0 Å². The minimum atomic E-state index is -0.420. The highest BCUT2D eigenvalue weighted by molar-refractivity contribution is 6.34. The molecule has 0 aliphatic heterocycles. The van der Waals surface area contributed by atoms with Crippen LogP contribution in [0.1, 0.15) is 16.2 Å². The Morgan fingerprint density at radius 2 is 2.38 bits per heavy atom. The molecular weight excluding hydrogens is 232 g/mol. The molecule has 0 spiro atoms. The lowest BCUT2D eigenvalue weighted by atomic mass is 10.2. The quantitative estimate of drug-likeness (QED) is 0.861. The normalized spacial score (nSPS) is 10.1. The van der Waals surface area contributed by atoms with E-state index in [1.165, 1.54) is 18.5 Å². The van der Waals surface area contributed by atoms with E-state index in [1.807, 2.05) is 0 Å². The van der Waals surface area contributed by atoms with Crippen molar-refractivity contribution in [3.63, 3.8) is 0 Å². The lowest BCUT2D eigenvalue weighted by molar-refractivity contribution is 0.102. The molecule has 0 saturated heterocycles. The second-order valence-corrected chi connectivity index (χ2v) is 3.36. The van der Waals surface area contributed by atoms with Crippen molar-refractivity contribution >= 4 is 23.5 Å². The van der Waals surface area contributed by atoms with Crippen molar-refractivity contribution in [2.24, 2.45) is 0 Å². The molecule has 2 aromatic rings. The summed E-state index contributed by atoms with van der Waals surface area (Å²) in [6, 6.07) is 1.54. The number of hydrogen-bond acceptors (Lipinski definition) is 5. The summed E-state index contributed by atoms with van der Waals surface area (Å²) in [6.45, 7) is 1.65. The number of nitrogens with one attached hydrogen (secondary N) is 1. The van der Waals surface area contributed by atoms with Crippen molar-refractivity contribution in [3.8, 4) is 0 Å². The molecule has 1 N–H and O–H groups in total. The Morgan fingerprint density at radius 3 is 3.00 bits per heavy atom. The topological polar surface area (TPSA) is 80.9 Å². The fourth-order valence-electron chi connectivity index (χ4n) is 1.07.